The van der Waals surface area contributed by atoms with E-state index in [9.17, 15) is 0 Å². The van der Waals surface area contributed by atoms with Crippen LogP contribution >= 0.6 is 0 Å². The number of nitrogens with zero attached hydrogens (tertiary/aromatic N) is 2. The summed E-state index contributed by atoms with van der Waals surface area (Å²) in [7, 11) is 0. The second-order valence-electron chi connectivity index (χ2n) is 4.35. The molecular formula is C14H25N3. The molecule has 0 saturated carbocycles. The minimum atomic E-state index is 0.599. The molecule has 0 amide bonds. The third-order valence-electron chi connectivity index (χ3n) is 3.07. The number of aromatic nitrogens is 1. The Labute approximate surface area is 105 Å². The lowest BCUT2D eigenvalue weighted by Gasteiger charge is -2.26. The lowest BCUT2D eigenvalue weighted by molar-refractivity contribution is 0.243. The highest BCUT2D eigenvalue weighted by Crippen LogP contribution is 2.05. The second-order valence-corrected chi connectivity index (χ2v) is 4.35. The van der Waals surface area contributed by atoms with Crippen LogP contribution < -0.4 is 5.32 Å². The van der Waals surface area contributed by atoms with Crippen molar-refractivity contribution in [3.8, 4) is 0 Å². The van der Waals surface area contributed by atoms with Crippen molar-refractivity contribution in [2.24, 2.45) is 0 Å². The van der Waals surface area contributed by atoms with Gasteiger partial charge in [-0.3, -0.25) is 9.88 Å². The number of likely N-dealkylation sites (N-methyl/N-ethyl adjacent to an activating group) is 2. The topological polar surface area (TPSA) is 28.2 Å². The summed E-state index contributed by atoms with van der Waals surface area (Å²) in [4.78, 5) is 6.53. The molecule has 0 aliphatic carbocycles. The fourth-order valence-corrected chi connectivity index (χ4v) is 1.99. The molecule has 17 heavy (non-hydrogen) atoms. The lowest BCUT2D eigenvalue weighted by atomic mass is 10.2. The van der Waals surface area contributed by atoms with Crippen molar-refractivity contribution < 1.29 is 0 Å². The van der Waals surface area contributed by atoms with Crippen LogP contribution in [0.5, 0.6) is 0 Å². The van der Waals surface area contributed by atoms with Crippen LogP contribution in [-0.4, -0.2) is 35.6 Å². The summed E-state index contributed by atoms with van der Waals surface area (Å²) in [6, 6.07) is 4.79. The van der Waals surface area contributed by atoms with Gasteiger partial charge in [-0.05, 0) is 37.2 Å². The van der Waals surface area contributed by atoms with Gasteiger partial charge < -0.3 is 5.32 Å². The third kappa shape index (κ3) is 5.29. The minimum absolute atomic E-state index is 0.599. The minimum Gasteiger partial charge on any atom is -0.313 e. The molecule has 0 aliphatic rings. The zero-order chi connectivity index (χ0) is 12.5. The molecule has 0 spiro atoms. The van der Waals surface area contributed by atoms with Crippen molar-refractivity contribution in [3.05, 3.63) is 30.1 Å². The lowest BCUT2D eigenvalue weighted by Crippen LogP contribution is -2.40. The van der Waals surface area contributed by atoms with Gasteiger partial charge >= 0.3 is 0 Å². The van der Waals surface area contributed by atoms with Gasteiger partial charge in [-0.15, -0.1) is 0 Å². The van der Waals surface area contributed by atoms with Crippen LogP contribution in [0, 0.1) is 0 Å². The van der Waals surface area contributed by atoms with Gasteiger partial charge in [-0.1, -0.05) is 20.8 Å². The van der Waals surface area contributed by atoms with E-state index in [1.807, 2.05) is 12.4 Å². The zero-order valence-corrected chi connectivity index (χ0v) is 11.3. The van der Waals surface area contributed by atoms with Crippen LogP contribution in [0.25, 0.3) is 0 Å². The standard InChI is InChI=1S/C14H25N3/c1-4-14(16-5-2)12-17(6-3)11-13-7-9-15-10-8-13/h7-10,14,16H,4-6,11-12H2,1-3H3. The molecular weight excluding hydrogens is 210 g/mol. The van der Waals surface area contributed by atoms with E-state index in [1.54, 1.807) is 0 Å². The van der Waals surface area contributed by atoms with Gasteiger partial charge in [0.15, 0.2) is 0 Å². The highest BCUT2D eigenvalue weighted by atomic mass is 15.1. The molecule has 1 rings (SSSR count). The Hall–Kier alpha value is -0.930. The van der Waals surface area contributed by atoms with Crippen LogP contribution in [0.4, 0.5) is 0 Å². The molecule has 0 radical (unpaired) electrons. The molecule has 1 heterocycles. The summed E-state index contributed by atoms with van der Waals surface area (Å²) in [6.45, 7) is 10.9. The summed E-state index contributed by atoms with van der Waals surface area (Å²) >= 11 is 0. The van der Waals surface area contributed by atoms with Gasteiger partial charge in [0.2, 0.25) is 0 Å². The third-order valence-corrected chi connectivity index (χ3v) is 3.07. The molecule has 1 N–H and O–H groups in total. The molecule has 0 saturated heterocycles. The van der Waals surface area contributed by atoms with Crippen LogP contribution in [0.15, 0.2) is 24.5 Å². The van der Waals surface area contributed by atoms with E-state index in [-0.39, 0.29) is 0 Å². The Kier molecular flexibility index (Phi) is 6.82. The average Bonchev–Trinajstić information content (AvgIpc) is 2.38. The zero-order valence-electron chi connectivity index (χ0n) is 11.3. The molecule has 3 nitrogen and oxygen atoms in total. The van der Waals surface area contributed by atoms with Crippen molar-refractivity contribution in [2.45, 2.75) is 39.8 Å². The first-order valence-corrected chi connectivity index (χ1v) is 6.64. The quantitative estimate of drug-likeness (QED) is 0.749. The van der Waals surface area contributed by atoms with Crippen LogP contribution in [0.2, 0.25) is 0 Å². The highest BCUT2D eigenvalue weighted by molar-refractivity contribution is 5.09. The van der Waals surface area contributed by atoms with Gasteiger partial charge in [-0.2, -0.15) is 0 Å². The molecule has 96 valence electrons. The first-order valence-electron chi connectivity index (χ1n) is 6.64. The van der Waals surface area contributed by atoms with Crippen molar-refractivity contribution in [2.75, 3.05) is 19.6 Å². The summed E-state index contributed by atoms with van der Waals surface area (Å²) in [5, 5.41) is 3.53. The normalized spacial score (nSPS) is 12.9. The Balaban J connectivity index is 2.48. The Morgan fingerprint density at radius 1 is 1.24 bits per heavy atom. The van der Waals surface area contributed by atoms with Crippen LogP contribution in [0.3, 0.4) is 0 Å². The Morgan fingerprint density at radius 2 is 1.94 bits per heavy atom. The fraction of sp³-hybridized carbons (Fsp3) is 0.643. The van der Waals surface area contributed by atoms with Gasteiger partial charge in [0.25, 0.3) is 0 Å². The summed E-state index contributed by atoms with van der Waals surface area (Å²) in [6.07, 6.45) is 4.91. The van der Waals surface area contributed by atoms with Crippen molar-refractivity contribution in [1.29, 1.82) is 0 Å². The summed E-state index contributed by atoms with van der Waals surface area (Å²) in [5.41, 5.74) is 1.34. The molecule has 0 fully saturated rings. The van der Waals surface area contributed by atoms with Gasteiger partial charge in [0.1, 0.15) is 0 Å². The van der Waals surface area contributed by atoms with Crippen LogP contribution in [-0.2, 0) is 6.54 Å². The summed E-state index contributed by atoms with van der Waals surface area (Å²) in [5.74, 6) is 0. The van der Waals surface area contributed by atoms with E-state index in [0.717, 1.165) is 26.2 Å². The fourth-order valence-electron chi connectivity index (χ4n) is 1.99. The first kappa shape index (κ1) is 14.1. The number of nitrogens with one attached hydrogen (secondary N) is 1. The molecule has 0 aliphatic heterocycles. The second kappa shape index (κ2) is 8.20. The average molecular weight is 235 g/mol. The smallest absolute Gasteiger partial charge is 0.0271 e. The molecule has 1 aromatic rings. The van der Waals surface area contributed by atoms with Gasteiger partial charge in [-0.25, -0.2) is 0 Å². The molecule has 1 aromatic heterocycles. The molecule has 1 atom stereocenters. The van der Waals surface area contributed by atoms with Crippen molar-refractivity contribution in [3.63, 3.8) is 0 Å². The maximum absolute atomic E-state index is 4.05. The maximum atomic E-state index is 4.05. The predicted octanol–water partition coefficient (Wildman–Crippen LogP) is 2.29. The highest BCUT2D eigenvalue weighted by Gasteiger charge is 2.10. The van der Waals surface area contributed by atoms with Crippen LogP contribution in [0.1, 0.15) is 32.8 Å². The molecule has 0 aromatic carbocycles. The molecule has 3 heteroatoms. The van der Waals surface area contributed by atoms with E-state index < -0.39 is 0 Å². The first-order chi connectivity index (χ1) is 8.30. The van der Waals surface area contributed by atoms with Gasteiger partial charge in [0.05, 0.1) is 0 Å². The predicted molar refractivity (Wildman–Crippen MR) is 72.9 cm³/mol. The number of rotatable bonds is 8. The molecule has 1 unspecified atom stereocenters. The van der Waals surface area contributed by atoms with Crippen molar-refractivity contribution in [1.82, 2.24) is 15.2 Å². The SMILES string of the molecule is CCNC(CC)CN(CC)Cc1ccncc1. The van der Waals surface area contributed by atoms with E-state index in [1.165, 1.54) is 12.0 Å². The van der Waals surface area contributed by atoms with Gasteiger partial charge in [0, 0.05) is 31.5 Å². The van der Waals surface area contributed by atoms with E-state index in [4.69, 9.17) is 0 Å². The maximum Gasteiger partial charge on any atom is 0.0271 e. The molecule has 0 bridgehead atoms. The summed E-state index contributed by atoms with van der Waals surface area (Å²) < 4.78 is 0. The number of pyridine rings is 1. The number of hydrogen-bond acceptors (Lipinski definition) is 3. The van der Waals surface area contributed by atoms with E-state index in [0.29, 0.717) is 6.04 Å². The van der Waals surface area contributed by atoms with E-state index in [2.05, 4.69) is 48.1 Å². The van der Waals surface area contributed by atoms with Crippen molar-refractivity contribution >= 4 is 0 Å². The number of hydrogen-bond donors (Lipinski definition) is 1. The monoisotopic (exact) mass is 235 g/mol. The Bertz CT molecular complexity index is 287. The largest absolute Gasteiger partial charge is 0.313 e. The van der Waals surface area contributed by atoms with E-state index >= 15 is 0 Å². The Morgan fingerprint density at radius 3 is 2.47 bits per heavy atom.